The van der Waals surface area contributed by atoms with Crippen LogP contribution in [0.5, 0.6) is 0 Å². The Bertz CT molecular complexity index is 536. The predicted molar refractivity (Wildman–Crippen MR) is 55.7 cm³/mol. The minimum Gasteiger partial charge on any atom is -0.299 e. The van der Waals surface area contributed by atoms with Crippen LogP contribution in [-0.2, 0) is 4.57 Å². The molecule has 0 fully saturated rings. The molecule has 0 saturated carbocycles. The molecule has 11 heteroatoms. The Kier molecular flexibility index (Phi) is 2.08. The predicted octanol–water partition coefficient (Wildman–Crippen LogP) is -2.32. The average Bonchev–Trinajstić information content (AvgIpc) is 3.10. The number of hydrogen-bond donors (Lipinski definition) is 3. The number of aromatic nitrogens is 9. The van der Waals surface area contributed by atoms with Crippen molar-refractivity contribution in [3.05, 3.63) is 19.0 Å². The smallest absolute Gasteiger partial charge is 0.276 e. The van der Waals surface area contributed by atoms with E-state index in [0.717, 1.165) is 0 Å². The molecule has 0 amide bonds. The summed E-state index contributed by atoms with van der Waals surface area (Å²) in [5.41, 5.74) is 0.475. The van der Waals surface area contributed by atoms with Crippen molar-refractivity contribution in [1.82, 2.24) is 45.5 Å². The van der Waals surface area contributed by atoms with Crippen LogP contribution in [0.3, 0.4) is 0 Å². The third-order valence-electron chi connectivity index (χ3n) is 2.10. The van der Waals surface area contributed by atoms with Gasteiger partial charge in [-0.3, -0.25) is 19.9 Å². The van der Waals surface area contributed by atoms with Crippen LogP contribution in [0.15, 0.2) is 19.0 Å². The lowest BCUT2D eigenvalue weighted by atomic mass is 11.2. The van der Waals surface area contributed by atoms with E-state index in [4.69, 9.17) is 0 Å². The van der Waals surface area contributed by atoms with Crippen LogP contribution in [0.1, 0.15) is 0 Å². The fourth-order valence-electron chi connectivity index (χ4n) is 1.35. The van der Waals surface area contributed by atoms with Gasteiger partial charge in [-0.2, -0.15) is 15.3 Å². The third kappa shape index (κ3) is 1.38. The first-order valence-electron chi connectivity index (χ1n) is 4.49. The Balaban J connectivity index is 2.26. The van der Waals surface area contributed by atoms with Crippen LogP contribution in [0, 0.1) is 0 Å². The molecule has 10 nitrogen and oxygen atoms in total. The summed E-state index contributed by atoms with van der Waals surface area (Å²) >= 11 is 0. The first kappa shape index (κ1) is 9.85. The highest BCUT2D eigenvalue weighted by Crippen LogP contribution is 2.36. The van der Waals surface area contributed by atoms with E-state index in [1.165, 1.54) is 19.0 Å². The van der Waals surface area contributed by atoms with Gasteiger partial charge in [0.15, 0.2) is 16.7 Å². The Morgan fingerprint density at radius 1 is 0.765 bits per heavy atom. The van der Waals surface area contributed by atoms with Gasteiger partial charge in [-0.1, -0.05) is 0 Å². The summed E-state index contributed by atoms with van der Waals surface area (Å²) in [7, 11) is -3.32. The summed E-state index contributed by atoms with van der Waals surface area (Å²) in [6.45, 7) is 0. The van der Waals surface area contributed by atoms with Gasteiger partial charge in [0.2, 0.25) is 0 Å². The quantitative estimate of drug-likeness (QED) is 0.443. The van der Waals surface area contributed by atoms with Gasteiger partial charge >= 0.3 is 0 Å². The highest BCUT2D eigenvalue weighted by atomic mass is 31.2. The summed E-state index contributed by atoms with van der Waals surface area (Å²) < 4.78 is 13.0. The van der Waals surface area contributed by atoms with Crippen LogP contribution < -0.4 is 16.7 Å². The normalized spacial score (nSPS) is 11.8. The topological polar surface area (TPSA) is 142 Å². The second-order valence-electron chi connectivity index (χ2n) is 3.04. The molecule has 0 aliphatic heterocycles. The van der Waals surface area contributed by atoms with E-state index in [0.29, 0.717) is 0 Å². The minimum absolute atomic E-state index is 0.158. The maximum atomic E-state index is 13.0. The fraction of sp³-hybridized carbons (Fsp3) is 0. The average molecular weight is 251 g/mol. The number of H-pyrrole nitrogens is 3. The van der Waals surface area contributed by atoms with Crippen molar-refractivity contribution in [2.24, 2.45) is 0 Å². The molecule has 0 saturated heterocycles. The zero-order valence-corrected chi connectivity index (χ0v) is 9.17. The summed E-state index contributed by atoms with van der Waals surface area (Å²) in [4.78, 5) is 11.7. The summed E-state index contributed by atoms with van der Waals surface area (Å²) in [6, 6.07) is 0. The molecule has 86 valence electrons. The van der Waals surface area contributed by atoms with Crippen LogP contribution in [-0.4, -0.2) is 45.5 Å². The van der Waals surface area contributed by atoms with E-state index in [2.05, 4.69) is 45.5 Å². The second kappa shape index (κ2) is 3.59. The zero-order valence-electron chi connectivity index (χ0n) is 8.27. The number of nitrogens with one attached hydrogen (secondary N) is 3. The minimum atomic E-state index is -3.32. The standard InChI is InChI=1S/C6H6N9OP/c16-17(4-7-1-10-13-4,5-8-2-11-14-5)6-9-3-12-15-6/h1-3H,(H,7,10,13)(H,8,11,14)(H,9,12,15). The van der Waals surface area contributed by atoms with Crippen LogP contribution in [0.25, 0.3) is 0 Å². The van der Waals surface area contributed by atoms with E-state index in [9.17, 15) is 4.57 Å². The molecule has 0 aliphatic rings. The van der Waals surface area contributed by atoms with Crippen LogP contribution in [0.4, 0.5) is 0 Å². The van der Waals surface area contributed by atoms with E-state index in [-0.39, 0.29) is 16.7 Å². The number of hydrogen-bond acceptors (Lipinski definition) is 7. The van der Waals surface area contributed by atoms with Crippen molar-refractivity contribution in [1.29, 1.82) is 0 Å². The Hall–Kier alpha value is -2.35. The van der Waals surface area contributed by atoms with Crippen LogP contribution >= 0.6 is 7.14 Å². The van der Waals surface area contributed by atoms with Gasteiger partial charge in [0.05, 0.1) is 0 Å². The summed E-state index contributed by atoms with van der Waals surface area (Å²) in [6.07, 6.45) is 3.78. The van der Waals surface area contributed by atoms with E-state index in [1.54, 1.807) is 0 Å². The molecule has 3 aromatic heterocycles. The molecule has 0 aromatic carbocycles. The largest absolute Gasteiger partial charge is 0.299 e. The summed E-state index contributed by atoms with van der Waals surface area (Å²) in [5, 5.41) is 18.7. The Morgan fingerprint density at radius 3 is 1.35 bits per heavy atom. The molecule has 0 radical (unpaired) electrons. The lowest BCUT2D eigenvalue weighted by molar-refractivity contribution is 0.589. The maximum Gasteiger partial charge on any atom is 0.276 e. The van der Waals surface area contributed by atoms with E-state index < -0.39 is 7.14 Å². The monoisotopic (exact) mass is 251 g/mol. The van der Waals surface area contributed by atoms with Crippen molar-refractivity contribution in [2.75, 3.05) is 0 Å². The molecular weight excluding hydrogens is 245 g/mol. The van der Waals surface area contributed by atoms with Gasteiger partial charge in [0.1, 0.15) is 19.0 Å². The lowest BCUT2D eigenvalue weighted by Crippen LogP contribution is -2.31. The highest BCUT2D eigenvalue weighted by Gasteiger charge is 2.38. The number of rotatable bonds is 3. The van der Waals surface area contributed by atoms with E-state index in [1.807, 2.05) is 0 Å². The first-order chi connectivity index (χ1) is 8.32. The fourth-order valence-corrected chi connectivity index (χ4v) is 3.19. The van der Waals surface area contributed by atoms with Crippen molar-refractivity contribution in [2.45, 2.75) is 0 Å². The van der Waals surface area contributed by atoms with Gasteiger partial charge in [0, 0.05) is 0 Å². The van der Waals surface area contributed by atoms with E-state index >= 15 is 0 Å². The zero-order chi connectivity index (χ0) is 11.7. The molecule has 3 aromatic rings. The summed E-state index contributed by atoms with van der Waals surface area (Å²) in [5.74, 6) is 0. The van der Waals surface area contributed by atoms with Crippen LogP contribution in [0.2, 0.25) is 0 Å². The maximum absolute atomic E-state index is 13.0. The molecule has 0 unspecified atom stereocenters. The molecule has 0 aliphatic carbocycles. The molecule has 17 heavy (non-hydrogen) atoms. The highest BCUT2D eigenvalue weighted by molar-refractivity contribution is 7.84. The first-order valence-corrected chi connectivity index (χ1v) is 6.20. The molecule has 3 N–H and O–H groups in total. The lowest BCUT2D eigenvalue weighted by Gasteiger charge is -2.08. The van der Waals surface area contributed by atoms with Crippen molar-refractivity contribution in [3.63, 3.8) is 0 Å². The van der Waals surface area contributed by atoms with Crippen molar-refractivity contribution in [3.8, 4) is 0 Å². The van der Waals surface area contributed by atoms with Crippen molar-refractivity contribution < 1.29 is 4.57 Å². The second-order valence-corrected chi connectivity index (χ2v) is 5.53. The Labute approximate surface area is 93.7 Å². The van der Waals surface area contributed by atoms with Crippen molar-refractivity contribution >= 4 is 23.8 Å². The van der Waals surface area contributed by atoms with Gasteiger partial charge in [0.25, 0.3) is 7.14 Å². The number of aromatic amines is 3. The van der Waals surface area contributed by atoms with Gasteiger partial charge < -0.3 is 0 Å². The molecule has 3 rings (SSSR count). The molecule has 0 spiro atoms. The Morgan fingerprint density at radius 2 is 1.12 bits per heavy atom. The number of nitrogens with zero attached hydrogens (tertiary/aromatic N) is 6. The SMILES string of the molecule is O=P(c1ncn[nH]1)(c1ncn[nH]1)c1ncn[nH]1. The molecular formula is C6H6N9OP. The van der Waals surface area contributed by atoms with Gasteiger partial charge in [-0.25, -0.2) is 15.0 Å². The van der Waals surface area contributed by atoms with Gasteiger partial charge in [-0.05, 0) is 0 Å². The van der Waals surface area contributed by atoms with Gasteiger partial charge in [-0.15, -0.1) is 0 Å². The molecule has 0 atom stereocenters. The molecule has 3 heterocycles. The third-order valence-corrected chi connectivity index (χ3v) is 4.54. The molecule has 0 bridgehead atoms.